The van der Waals surface area contributed by atoms with Crippen molar-refractivity contribution in [1.82, 2.24) is 0 Å². The summed E-state index contributed by atoms with van der Waals surface area (Å²) < 4.78 is 0. The van der Waals surface area contributed by atoms with E-state index < -0.39 is 0 Å². The Morgan fingerprint density at radius 1 is 0.815 bits per heavy atom. The zero-order chi connectivity index (χ0) is 19.2. The van der Waals surface area contributed by atoms with Crippen molar-refractivity contribution in [2.75, 3.05) is 4.90 Å². The van der Waals surface area contributed by atoms with Gasteiger partial charge in [0.05, 0.1) is 0 Å². The standard InChI is InChI=1S/C25H31NS/c1-5-21(6-2)22-11-13-25(14-12-22)26(19(3)4)17-20-7-9-23(10-8-20)24-15-16-27-18-24/h7-16,18-19,21H,5-6,17H2,1-4H3. The average molecular weight is 378 g/mol. The van der Waals surface area contributed by atoms with Crippen LogP contribution in [0.4, 0.5) is 5.69 Å². The van der Waals surface area contributed by atoms with Crippen molar-refractivity contribution in [2.45, 2.75) is 59.0 Å². The SMILES string of the molecule is CCC(CC)c1ccc(N(Cc2ccc(-c3ccsc3)cc2)C(C)C)cc1. The number of anilines is 1. The molecule has 0 spiro atoms. The van der Waals surface area contributed by atoms with Crippen LogP contribution in [0.5, 0.6) is 0 Å². The molecule has 0 unspecified atom stereocenters. The van der Waals surface area contributed by atoms with Crippen LogP contribution < -0.4 is 4.90 Å². The van der Waals surface area contributed by atoms with E-state index in [1.807, 2.05) is 0 Å². The maximum atomic E-state index is 2.48. The molecule has 0 radical (unpaired) electrons. The lowest BCUT2D eigenvalue weighted by atomic mass is 9.94. The van der Waals surface area contributed by atoms with Gasteiger partial charge in [0.1, 0.15) is 0 Å². The van der Waals surface area contributed by atoms with Crippen molar-refractivity contribution >= 4 is 17.0 Å². The quantitative estimate of drug-likeness (QED) is 0.388. The van der Waals surface area contributed by atoms with Gasteiger partial charge in [-0.05, 0) is 83.8 Å². The van der Waals surface area contributed by atoms with Crippen molar-refractivity contribution in [3.05, 3.63) is 76.5 Å². The largest absolute Gasteiger partial charge is 0.365 e. The molecular weight excluding hydrogens is 346 g/mol. The third kappa shape index (κ3) is 4.81. The third-order valence-corrected chi connectivity index (χ3v) is 6.15. The Hall–Kier alpha value is -2.06. The van der Waals surface area contributed by atoms with Crippen LogP contribution in [0.1, 0.15) is 57.6 Å². The second-order valence-electron chi connectivity index (χ2n) is 7.54. The highest BCUT2D eigenvalue weighted by atomic mass is 32.1. The normalized spacial score (nSPS) is 11.3. The fourth-order valence-electron chi connectivity index (χ4n) is 3.70. The number of hydrogen-bond acceptors (Lipinski definition) is 2. The van der Waals surface area contributed by atoms with Gasteiger partial charge in [0.15, 0.2) is 0 Å². The van der Waals surface area contributed by atoms with Crippen molar-refractivity contribution in [1.29, 1.82) is 0 Å². The van der Waals surface area contributed by atoms with Gasteiger partial charge in [-0.15, -0.1) is 0 Å². The van der Waals surface area contributed by atoms with E-state index in [1.165, 1.54) is 40.8 Å². The molecule has 0 aliphatic heterocycles. The number of nitrogens with zero attached hydrogens (tertiary/aromatic N) is 1. The lowest BCUT2D eigenvalue weighted by Crippen LogP contribution is -2.30. The van der Waals surface area contributed by atoms with Crippen LogP contribution in [0.2, 0.25) is 0 Å². The molecule has 0 saturated carbocycles. The molecule has 2 heteroatoms. The van der Waals surface area contributed by atoms with Crippen LogP contribution in [-0.4, -0.2) is 6.04 Å². The van der Waals surface area contributed by atoms with Crippen molar-refractivity contribution in [2.24, 2.45) is 0 Å². The topological polar surface area (TPSA) is 3.24 Å². The van der Waals surface area contributed by atoms with E-state index in [0.717, 1.165) is 6.54 Å². The van der Waals surface area contributed by atoms with Crippen LogP contribution in [0.15, 0.2) is 65.4 Å². The van der Waals surface area contributed by atoms with E-state index in [1.54, 1.807) is 11.3 Å². The zero-order valence-corrected chi connectivity index (χ0v) is 17.8. The second kappa shape index (κ2) is 9.23. The molecule has 142 valence electrons. The zero-order valence-electron chi connectivity index (χ0n) is 17.0. The van der Waals surface area contributed by atoms with E-state index in [9.17, 15) is 0 Å². The second-order valence-corrected chi connectivity index (χ2v) is 8.32. The Bertz CT molecular complexity index is 797. The van der Waals surface area contributed by atoms with E-state index in [4.69, 9.17) is 0 Å². The van der Waals surface area contributed by atoms with Gasteiger partial charge in [0, 0.05) is 18.3 Å². The minimum absolute atomic E-state index is 0.459. The van der Waals surface area contributed by atoms with Crippen LogP contribution in [0.3, 0.4) is 0 Å². The van der Waals surface area contributed by atoms with E-state index in [0.29, 0.717) is 12.0 Å². The Morgan fingerprint density at radius 3 is 2.00 bits per heavy atom. The van der Waals surface area contributed by atoms with E-state index in [2.05, 4.69) is 98.0 Å². The highest BCUT2D eigenvalue weighted by Crippen LogP contribution is 2.28. The van der Waals surface area contributed by atoms with Crippen molar-refractivity contribution < 1.29 is 0 Å². The summed E-state index contributed by atoms with van der Waals surface area (Å²) >= 11 is 1.75. The summed E-state index contributed by atoms with van der Waals surface area (Å²) in [5, 5.41) is 4.34. The number of thiophene rings is 1. The number of hydrogen-bond donors (Lipinski definition) is 0. The molecule has 27 heavy (non-hydrogen) atoms. The van der Waals surface area contributed by atoms with Gasteiger partial charge in [0.2, 0.25) is 0 Å². The smallest absolute Gasteiger partial charge is 0.0432 e. The van der Waals surface area contributed by atoms with Gasteiger partial charge in [-0.1, -0.05) is 50.2 Å². The summed E-state index contributed by atoms with van der Waals surface area (Å²) in [5.41, 5.74) is 6.73. The Labute approximate surface area is 168 Å². The maximum absolute atomic E-state index is 2.48. The lowest BCUT2D eigenvalue weighted by molar-refractivity contribution is 0.640. The molecule has 3 aromatic rings. The molecule has 1 nitrogen and oxygen atoms in total. The van der Waals surface area contributed by atoms with Crippen LogP contribution in [-0.2, 0) is 6.54 Å². The summed E-state index contributed by atoms with van der Waals surface area (Å²) in [4.78, 5) is 2.48. The van der Waals surface area contributed by atoms with Crippen molar-refractivity contribution in [3.8, 4) is 11.1 Å². The molecule has 0 aliphatic rings. The first-order chi connectivity index (χ1) is 13.1. The number of benzene rings is 2. The van der Waals surface area contributed by atoms with Gasteiger partial charge in [-0.3, -0.25) is 0 Å². The van der Waals surface area contributed by atoms with Gasteiger partial charge < -0.3 is 4.90 Å². The predicted octanol–water partition coefficient (Wildman–Crippen LogP) is 7.73. The summed E-state index contributed by atoms with van der Waals surface area (Å²) in [6.07, 6.45) is 2.42. The monoisotopic (exact) mass is 377 g/mol. The molecule has 3 rings (SSSR count). The summed E-state index contributed by atoms with van der Waals surface area (Å²) in [7, 11) is 0. The molecule has 0 saturated heterocycles. The third-order valence-electron chi connectivity index (χ3n) is 5.47. The van der Waals surface area contributed by atoms with Gasteiger partial charge in [0.25, 0.3) is 0 Å². The molecule has 0 N–H and O–H groups in total. The summed E-state index contributed by atoms with van der Waals surface area (Å²) in [5.74, 6) is 0.677. The van der Waals surface area contributed by atoms with Gasteiger partial charge in [-0.2, -0.15) is 11.3 Å². The van der Waals surface area contributed by atoms with Crippen LogP contribution in [0, 0.1) is 0 Å². The van der Waals surface area contributed by atoms with E-state index in [-0.39, 0.29) is 0 Å². The average Bonchev–Trinajstić information content (AvgIpc) is 3.23. The fraction of sp³-hybridized carbons (Fsp3) is 0.360. The first kappa shape index (κ1) is 19.7. The Morgan fingerprint density at radius 2 is 1.48 bits per heavy atom. The highest BCUT2D eigenvalue weighted by Gasteiger charge is 2.13. The molecule has 1 heterocycles. The highest BCUT2D eigenvalue weighted by molar-refractivity contribution is 7.08. The van der Waals surface area contributed by atoms with Crippen LogP contribution in [0.25, 0.3) is 11.1 Å². The molecule has 0 aliphatic carbocycles. The molecule has 2 aromatic carbocycles. The lowest BCUT2D eigenvalue weighted by Gasteiger charge is -2.30. The van der Waals surface area contributed by atoms with Gasteiger partial charge >= 0.3 is 0 Å². The summed E-state index contributed by atoms with van der Waals surface area (Å²) in [6, 6.07) is 20.9. The first-order valence-electron chi connectivity index (χ1n) is 10.1. The molecule has 0 amide bonds. The van der Waals surface area contributed by atoms with E-state index >= 15 is 0 Å². The van der Waals surface area contributed by atoms with Crippen LogP contribution >= 0.6 is 11.3 Å². The maximum Gasteiger partial charge on any atom is 0.0432 e. The Balaban J connectivity index is 1.76. The van der Waals surface area contributed by atoms with Crippen molar-refractivity contribution in [3.63, 3.8) is 0 Å². The number of rotatable bonds is 8. The molecule has 0 atom stereocenters. The first-order valence-corrected chi connectivity index (χ1v) is 11.0. The fourth-order valence-corrected chi connectivity index (χ4v) is 4.36. The molecule has 1 aromatic heterocycles. The summed E-state index contributed by atoms with van der Waals surface area (Å²) in [6.45, 7) is 10.0. The van der Waals surface area contributed by atoms with Gasteiger partial charge in [-0.25, -0.2) is 0 Å². The minimum Gasteiger partial charge on any atom is -0.365 e. The molecule has 0 fully saturated rings. The Kier molecular flexibility index (Phi) is 6.73. The predicted molar refractivity (Wildman–Crippen MR) is 121 cm³/mol. The minimum atomic E-state index is 0.459. The molecule has 0 bridgehead atoms. The molecular formula is C25H31NS.